The fourth-order valence-electron chi connectivity index (χ4n) is 3.50. The molecule has 0 fully saturated rings. The van der Waals surface area contributed by atoms with Gasteiger partial charge in [0.2, 0.25) is 0 Å². The van der Waals surface area contributed by atoms with E-state index in [9.17, 15) is 13.6 Å². The van der Waals surface area contributed by atoms with E-state index in [1.54, 1.807) is 42.5 Å². The molecular weight excluding hydrogens is 488 g/mol. The van der Waals surface area contributed by atoms with Crippen molar-refractivity contribution in [3.8, 4) is 34.5 Å². The van der Waals surface area contributed by atoms with Crippen LogP contribution in [-0.4, -0.2) is 48.1 Å². The lowest BCUT2D eigenvalue weighted by atomic mass is 10.0. The molecule has 0 saturated heterocycles. The summed E-state index contributed by atoms with van der Waals surface area (Å²) in [7, 11) is 7.33. The van der Waals surface area contributed by atoms with Crippen molar-refractivity contribution in [2.45, 2.75) is 6.61 Å². The highest BCUT2D eigenvalue weighted by atomic mass is 19.3. The third kappa shape index (κ3) is 6.81. The van der Waals surface area contributed by atoms with Crippen LogP contribution in [0.2, 0.25) is 0 Å². The second-order valence-corrected chi connectivity index (χ2v) is 7.47. The maximum atomic E-state index is 13.5. The van der Waals surface area contributed by atoms with Gasteiger partial charge in [0.05, 0.1) is 35.5 Å². The summed E-state index contributed by atoms with van der Waals surface area (Å²) >= 11 is 0. The van der Waals surface area contributed by atoms with Gasteiger partial charge in [-0.05, 0) is 41.5 Å². The molecule has 0 aliphatic heterocycles. The van der Waals surface area contributed by atoms with Gasteiger partial charge < -0.3 is 33.7 Å². The topological polar surface area (TPSA) is 84.5 Å². The molecule has 0 aliphatic rings. The number of hydrogen-bond acceptors (Lipinski definition) is 7. The largest absolute Gasteiger partial charge is 0.497 e. The Morgan fingerprint density at radius 2 is 1.32 bits per heavy atom. The van der Waals surface area contributed by atoms with Crippen molar-refractivity contribution in [3.63, 3.8) is 0 Å². The third-order valence-corrected chi connectivity index (χ3v) is 5.26. The molecule has 196 valence electrons. The summed E-state index contributed by atoms with van der Waals surface area (Å²) in [5, 5.41) is 2.85. The van der Waals surface area contributed by atoms with Crippen LogP contribution in [0, 0.1) is 0 Å². The van der Waals surface area contributed by atoms with Crippen LogP contribution in [0.4, 0.5) is 14.5 Å². The molecule has 10 heteroatoms. The molecule has 0 unspecified atom stereocenters. The van der Waals surface area contributed by atoms with Gasteiger partial charge in [0, 0.05) is 29.5 Å². The van der Waals surface area contributed by atoms with Gasteiger partial charge in [0.1, 0.15) is 11.5 Å². The fraction of sp³-hybridized carbons (Fsp3) is 0.222. The summed E-state index contributed by atoms with van der Waals surface area (Å²) < 4.78 is 56.4. The molecule has 0 spiro atoms. The van der Waals surface area contributed by atoms with Crippen LogP contribution in [0.15, 0.2) is 54.6 Å². The van der Waals surface area contributed by atoms with Gasteiger partial charge in [0.25, 0.3) is 5.91 Å². The first-order valence-electron chi connectivity index (χ1n) is 10.9. The van der Waals surface area contributed by atoms with Crippen LogP contribution in [0.1, 0.15) is 11.1 Å². The highest BCUT2D eigenvalue weighted by Crippen LogP contribution is 2.34. The SMILES string of the molecule is COc1cc(NC(=O)/C(=C/c2ccc(OC(F)F)c(OC)c2)c2ccc(OC)c(OC)c2)cc(OC)c1. The maximum Gasteiger partial charge on any atom is 0.387 e. The molecule has 0 aromatic heterocycles. The molecule has 0 heterocycles. The number of benzene rings is 3. The van der Waals surface area contributed by atoms with Crippen molar-refractivity contribution in [2.75, 3.05) is 40.9 Å². The number of rotatable bonds is 11. The van der Waals surface area contributed by atoms with E-state index < -0.39 is 12.5 Å². The molecule has 3 aromatic carbocycles. The second-order valence-electron chi connectivity index (χ2n) is 7.47. The van der Waals surface area contributed by atoms with Gasteiger partial charge in [-0.3, -0.25) is 4.79 Å². The summed E-state index contributed by atoms with van der Waals surface area (Å²) in [5.41, 5.74) is 1.69. The summed E-state index contributed by atoms with van der Waals surface area (Å²) in [6.45, 7) is -3.01. The second kappa shape index (κ2) is 12.5. The van der Waals surface area contributed by atoms with Crippen LogP contribution in [-0.2, 0) is 4.79 Å². The summed E-state index contributed by atoms with van der Waals surface area (Å²) in [6, 6.07) is 14.3. The number of nitrogens with one attached hydrogen (secondary N) is 1. The summed E-state index contributed by atoms with van der Waals surface area (Å²) in [6.07, 6.45) is 1.59. The smallest absolute Gasteiger partial charge is 0.387 e. The molecule has 8 nitrogen and oxygen atoms in total. The zero-order chi connectivity index (χ0) is 26.9. The number of ether oxygens (including phenoxy) is 6. The van der Waals surface area contributed by atoms with Crippen molar-refractivity contribution in [2.24, 2.45) is 0 Å². The van der Waals surface area contributed by atoms with E-state index in [2.05, 4.69) is 10.1 Å². The summed E-state index contributed by atoms with van der Waals surface area (Å²) in [4.78, 5) is 13.5. The zero-order valence-corrected chi connectivity index (χ0v) is 21.0. The molecule has 0 aliphatic carbocycles. The molecule has 1 N–H and O–H groups in total. The average molecular weight is 516 g/mol. The van der Waals surface area contributed by atoms with E-state index >= 15 is 0 Å². The van der Waals surface area contributed by atoms with Gasteiger partial charge in [-0.2, -0.15) is 8.78 Å². The molecule has 0 saturated carbocycles. The van der Waals surface area contributed by atoms with E-state index in [4.69, 9.17) is 23.7 Å². The molecule has 1 amide bonds. The predicted octanol–water partition coefficient (Wildman–Crippen LogP) is 5.51. The lowest BCUT2D eigenvalue weighted by molar-refractivity contribution is -0.111. The Kier molecular flexibility index (Phi) is 9.15. The highest BCUT2D eigenvalue weighted by molar-refractivity contribution is 6.29. The van der Waals surface area contributed by atoms with E-state index in [-0.39, 0.29) is 17.1 Å². The number of carbonyl (C=O) groups is 1. The van der Waals surface area contributed by atoms with Crippen molar-refractivity contribution in [1.29, 1.82) is 0 Å². The normalized spacial score (nSPS) is 11.1. The molecule has 3 rings (SSSR count). The van der Waals surface area contributed by atoms with Gasteiger partial charge >= 0.3 is 6.61 Å². The van der Waals surface area contributed by atoms with Crippen molar-refractivity contribution in [1.82, 2.24) is 0 Å². The fourth-order valence-corrected chi connectivity index (χ4v) is 3.50. The first-order chi connectivity index (χ1) is 17.8. The number of anilines is 1. The standard InChI is InChI=1S/C27H27F2NO7/c1-32-19-13-18(14-20(15-19)33-2)30-26(31)21(17-7-9-22(34-3)25(12-17)36-5)10-16-6-8-23(37-27(28)29)24(11-16)35-4/h6-15,27H,1-5H3,(H,30,31)/b21-10+. The Bertz CT molecular complexity index is 1260. The summed E-state index contributed by atoms with van der Waals surface area (Å²) in [5.74, 6) is 1.37. The monoisotopic (exact) mass is 515 g/mol. The van der Waals surface area contributed by atoms with Crippen molar-refractivity contribution < 1.29 is 42.0 Å². The third-order valence-electron chi connectivity index (χ3n) is 5.26. The number of carbonyl (C=O) groups excluding carboxylic acids is 1. The minimum atomic E-state index is -3.01. The Balaban J connectivity index is 2.09. The van der Waals surface area contributed by atoms with Gasteiger partial charge in [-0.25, -0.2) is 0 Å². The molecule has 3 aromatic rings. The lowest BCUT2D eigenvalue weighted by Crippen LogP contribution is -2.14. The quantitative estimate of drug-likeness (QED) is 0.266. The first kappa shape index (κ1) is 27.1. The Labute approximate surface area is 213 Å². The highest BCUT2D eigenvalue weighted by Gasteiger charge is 2.18. The minimum Gasteiger partial charge on any atom is -0.497 e. The zero-order valence-electron chi connectivity index (χ0n) is 21.0. The first-order valence-corrected chi connectivity index (χ1v) is 10.9. The number of amides is 1. The number of alkyl halides is 2. The number of methoxy groups -OCH3 is 5. The van der Waals surface area contributed by atoms with Crippen molar-refractivity contribution >= 4 is 23.2 Å². The van der Waals surface area contributed by atoms with Crippen molar-refractivity contribution in [3.05, 3.63) is 65.7 Å². The van der Waals surface area contributed by atoms with E-state index in [0.29, 0.717) is 39.8 Å². The average Bonchev–Trinajstić information content (AvgIpc) is 2.91. The molecular formula is C27H27F2NO7. The van der Waals surface area contributed by atoms with Crippen LogP contribution < -0.4 is 33.7 Å². The van der Waals surface area contributed by atoms with Crippen LogP contribution in [0.25, 0.3) is 11.6 Å². The minimum absolute atomic E-state index is 0.0821. The van der Waals surface area contributed by atoms with E-state index in [1.807, 2.05) is 0 Å². The van der Waals surface area contributed by atoms with Crippen LogP contribution in [0.5, 0.6) is 34.5 Å². The molecule has 0 radical (unpaired) electrons. The van der Waals surface area contributed by atoms with Gasteiger partial charge in [0.15, 0.2) is 23.0 Å². The Morgan fingerprint density at radius 3 is 1.89 bits per heavy atom. The van der Waals surface area contributed by atoms with Gasteiger partial charge in [-0.15, -0.1) is 0 Å². The predicted molar refractivity (Wildman–Crippen MR) is 135 cm³/mol. The van der Waals surface area contributed by atoms with Crippen LogP contribution >= 0.6 is 0 Å². The van der Waals surface area contributed by atoms with Gasteiger partial charge in [-0.1, -0.05) is 12.1 Å². The van der Waals surface area contributed by atoms with E-state index in [0.717, 1.165) is 0 Å². The Morgan fingerprint density at radius 1 is 0.730 bits per heavy atom. The number of halogens is 2. The lowest BCUT2D eigenvalue weighted by Gasteiger charge is -2.15. The molecule has 0 bridgehead atoms. The molecule has 0 atom stereocenters. The maximum absolute atomic E-state index is 13.5. The Hall–Kier alpha value is -4.47. The van der Waals surface area contributed by atoms with E-state index in [1.165, 1.54) is 53.7 Å². The molecule has 37 heavy (non-hydrogen) atoms. The van der Waals surface area contributed by atoms with Crippen LogP contribution in [0.3, 0.4) is 0 Å². The number of hydrogen-bond donors (Lipinski definition) is 1.